The SMILES string of the molecule is CC(C)N(C(=O)NCc1ccc(F)cc1)N1CC(=O)N2[C@@H](Cc3ccc(O)c(N)c3)C3OC3N(Cc3cccc4sc(N)nc34)C[C@@H]21. The fraction of sp³-hybridized carbons (Fsp3) is 0.364. The number of nitrogens with one attached hydrogen (secondary N) is 1. The molecular weight excluding hydrogens is 623 g/mol. The molecule has 47 heavy (non-hydrogen) atoms. The standard InChI is InChI=1S/C33H37FN8O4S/c1-18(2)42(33(45)37-14-19-6-9-22(34)10-7-19)40-17-28(44)41-24(13-20-8-11-25(43)23(35)12-20)30-31(46-30)39(16-27(40)41)15-21-4-3-5-26-29(21)38-32(36)47-26/h3-12,18,24,27,30-31,43H,13-17,35H2,1-2H3,(H2,36,38)(H,37,45)/t24-,27+,30?,31?/m0/s1. The number of anilines is 2. The number of halogens is 1. The normalized spacial score (nSPS) is 22.7. The number of fused-ring (bicyclic) bond motifs is 3. The molecule has 3 aliphatic heterocycles. The van der Waals surface area contributed by atoms with Crippen molar-refractivity contribution in [2.45, 2.75) is 63.9 Å². The maximum Gasteiger partial charge on any atom is 0.332 e. The molecule has 2 unspecified atom stereocenters. The minimum atomic E-state index is -0.489. The van der Waals surface area contributed by atoms with Crippen molar-refractivity contribution < 1.29 is 23.8 Å². The Hall–Kier alpha value is -4.50. The molecule has 7 rings (SSSR count). The summed E-state index contributed by atoms with van der Waals surface area (Å²) < 4.78 is 20.8. The van der Waals surface area contributed by atoms with Crippen molar-refractivity contribution in [1.29, 1.82) is 0 Å². The van der Waals surface area contributed by atoms with Crippen LogP contribution in [0.4, 0.5) is 20.0 Å². The second kappa shape index (κ2) is 12.3. The first kappa shape index (κ1) is 31.1. The molecule has 14 heteroatoms. The minimum Gasteiger partial charge on any atom is -0.506 e. The third-order valence-electron chi connectivity index (χ3n) is 9.01. The van der Waals surface area contributed by atoms with Crippen LogP contribution in [-0.4, -0.2) is 85.5 Å². The second-order valence-corrected chi connectivity index (χ2v) is 13.6. The molecule has 246 valence electrons. The van der Waals surface area contributed by atoms with E-state index in [-0.39, 0.29) is 66.7 Å². The number of rotatable bonds is 8. The van der Waals surface area contributed by atoms with Crippen LogP contribution in [0.1, 0.15) is 30.5 Å². The fourth-order valence-electron chi connectivity index (χ4n) is 6.82. The third-order valence-corrected chi connectivity index (χ3v) is 9.86. The number of carbonyl (C=O) groups is 2. The lowest BCUT2D eigenvalue weighted by atomic mass is 10.0. The number of epoxide rings is 1. The molecule has 3 amide bonds. The highest BCUT2D eigenvalue weighted by molar-refractivity contribution is 7.22. The molecular formula is C33H37FN8O4S. The number of aromatic hydroxyl groups is 1. The summed E-state index contributed by atoms with van der Waals surface area (Å²) in [5, 5.41) is 16.9. The van der Waals surface area contributed by atoms with Gasteiger partial charge in [0.25, 0.3) is 0 Å². The average molecular weight is 661 g/mol. The lowest BCUT2D eigenvalue weighted by Crippen LogP contribution is -2.60. The molecule has 3 saturated heterocycles. The van der Waals surface area contributed by atoms with Crippen LogP contribution in [0.15, 0.2) is 60.7 Å². The number of ether oxygens (including phenoxy) is 1. The number of nitrogens with two attached hydrogens (primary N) is 2. The lowest BCUT2D eigenvalue weighted by Gasteiger charge is -2.41. The maximum atomic E-state index is 14.0. The molecule has 4 heterocycles. The van der Waals surface area contributed by atoms with Crippen LogP contribution >= 0.6 is 11.3 Å². The maximum absolute atomic E-state index is 14.0. The molecule has 0 spiro atoms. The molecule has 3 aliphatic rings. The van der Waals surface area contributed by atoms with Crippen LogP contribution in [0.25, 0.3) is 10.2 Å². The van der Waals surface area contributed by atoms with Crippen molar-refractivity contribution in [2.75, 3.05) is 24.6 Å². The quantitative estimate of drug-likeness (QED) is 0.126. The van der Waals surface area contributed by atoms with E-state index in [0.717, 1.165) is 26.9 Å². The van der Waals surface area contributed by atoms with E-state index in [1.807, 2.05) is 42.0 Å². The highest BCUT2D eigenvalue weighted by Crippen LogP contribution is 2.42. The van der Waals surface area contributed by atoms with Crippen molar-refractivity contribution in [3.63, 3.8) is 0 Å². The summed E-state index contributed by atoms with van der Waals surface area (Å²) in [6.07, 6.45) is -0.581. The van der Waals surface area contributed by atoms with Crippen molar-refractivity contribution in [3.8, 4) is 5.75 Å². The molecule has 0 saturated carbocycles. The van der Waals surface area contributed by atoms with Gasteiger partial charge in [-0.15, -0.1) is 0 Å². The predicted molar refractivity (Wildman–Crippen MR) is 176 cm³/mol. The number of phenolic OH excluding ortho intramolecular Hbond substituents is 1. The average Bonchev–Trinajstić information content (AvgIpc) is 3.66. The minimum absolute atomic E-state index is 0.00119. The fourth-order valence-corrected chi connectivity index (χ4v) is 7.61. The van der Waals surface area contributed by atoms with Crippen molar-refractivity contribution in [2.24, 2.45) is 0 Å². The number of thiazole rings is 1. The third kappa shape index (κ3) is 6.04. The largest absolute Gasteiger partial charge is 0.506 e. The molecule has 3 aromatic carbocycles. The Bertz CT molecular complexity index is 1820. The topological polar surface area (TPSA) is 157 Å². The second-order valence-electron chi connectivity index (χ2n) is 12.5. The van der Waals surface area contributed by atoms with Crippen molar-refractivity contribution >= 4 is 44.3 Å². The van der Waals surface area contributed by atoms with E-state index in [0.29, 0.717) is 24.6 Å². The number of amides is 3. The molecule has 6 N–H and O–H groups in total. The van der Waals surface area contributed by atoms with E-state index in [1.165, 1.54) is 23.5 Å². The number of para-hydroxylation sites is 1. The van der Waals surface area contributed by atoms with Crippen LogP contribution in [0, 0.1) is 5.82 Å². The van der Waals surface area contributed by atoms with Gasteiger partial charge in [-0.2, -0.15) is 5.01 Å². The van der Waals surface area contributed by atoms with Gasteiger partial charge < -0.3 is 31.5 Å². The molecule has 0 aliphatic carbocycles. The summed E-state index contributed by atoms with van der Waals surface area (Å²) in [5.41, 5.74) is 15.8. The van der Waals surface area contributed by atoms with E-state index in [9.17, 15) is 19.1 Å². The van der Waals surface area contributed by atoms with E-state index in [2.05, 4.69) is 15.2 Å². The van der Waals surface area contributed by atoms with Gasteiger partial charge in [-0.05, 0) is 67.3 Å². The molecule has 3 fully saturated rings. The van der Waals surface area contributed by atoms with E-state index in [4.69, 9.17) is 16.2 Å². The highest BCUT2D eigenvalue weighted by Gasteiger charge is 2.59. The summed E-state index contributed by atoms with van der Waals surface area (Å²) in [6.45, 7) is 4.93. The Kier molecular flexibility index (Phi) is 8.12. The summed E-state index contributed by atoms with van der Waals surface area (Å²) in [6, 6.07) is 16.1. The number of urea groups is 1. The zero-order valence-corrected chi connectivity index (χ0v) is 26.9. The highest BCUT2D eigenvalue weighted by atomic mass is 32.1. The van der Waals surface area contributed by atoms with E-state index in [1.54, 1.807) is 35.3 Å². The Balaban J connectivity index is 1.21. The van der Waals surface area contributed by atoms with Gasteiger partial charge in [0.2, 0.25) is 5.91 Å². The molecule has 0 bridgehead atoms. The number of hydrogen-bond acceptors (Lipinski definition) is 10. The number of hydrazine groups is 1. The molecule has 12 nitrogen and oxygen atoms in total. The Morgan fingerprint density at radius 1 is 1.17 bits per heavy atom. The number of benzene rings is 3. The predicted octanol–water partition coefficient (Wildman–Crippen LogP) is 3.46. The zero-order valence-electron chi connectivity index (χ0n) is 26.0. The van der Waals surface area contributed by atoms with Gasteiger partial charge in [-0.1, -0.05) is 41.7 Å². The monoisotopic (exact) mass is 660 g/mol. The van der Waals surface area contributed by atoms with Crippen LogP contribution in [-0.2, 0) is 29.0 Å². The summed E-state index contributed by atoms with van der Waals surface area (Å²) in [7, 11) is 0. The van der Waals surface area contributed by atoms with Gasteiger partial charge in [0.15, 0.2) is 5.13 Å². The summed E-state index contributed by atoms with van der Waals surface area (Å²) in [5.74, 6) is -0.466. The van der Waals surface area contributed by atoms with E-state index >= 15 is 0 Å². The number of aromatic nitrogens is 1. The smallest absolute Gasteiger partial charge is 0.332 e. The van der Waals surface area contributed by atoms with Gasteiger partial charge in [0.05, 0.1) is 28.5 Å². The van der Waals surface area contributed by atoms with Gasteiger partial charge >= 0.3 is 6.03 Å². The summed E-state index contributed by atoms with van der Waals surface area (Å²) >= 11 is 1.44. The lowest BCUT2D eigenvalue weighted by molar-refractivity contribution is -0.131. The first-order valence-corrected chi connectivity index (χ1v) is 16.4. The van der Waals surface area contributed by atoms with Crippen molar-refractivity contribution in [3.05, 3.63) is 83.2 Å². The Morgan fingerprint density at radius 2 is 1.94 bits per heavy atom. The summed E-state index contributed by atoms with van der Waals surface area (Å²) in [4.78, 5) is 36.4. The molecule has 4 atom stereocenters. The van der Waals surface area contributed by atoms with Crippen molar-refractivity contribution in [1.82, 2.24) is 30.1 Å². The number of nitrogen functional groups attached to an aromatic ring is 2. The van der Waals surface area contributed by atoms with Crippen LogP contribution < -0.4 is 16.8 Å². The van der Waals surface area contributed by atoms with E-state index < -0.39 is 6.17 Å². The van der Waals surface area contributed by atoms with Gasteiger partial charge in [-0.3, -0.25) is 14.7 Å². The number of carbonyl (C=O) groups excluding carboxylic acids is 2. The molecule has 1 aromatic heterocycles. The first-order valence-electron chi connectivity index (χ1n) is 15.6. The van der Waals surface area contributed by atoms with Crippen LogP contribution in [0.5, 0.6) is 5.75 Å². The zero-order chi connectivity index (χ0) is 33.0. The molecule has 4 aromatic rings. The number of nitrogens with zero attached hydrogens (tertiary/aromatic N) is 5. The number of phenols is 1. The van der Waals surface area contributed by atoms with Gasteiger partial charge in [-0.25, -0.2) is 14.2 Å². The molecule has 0 radical (unpaired) electrons. The number of hydrogen-bond donors (Lipinski definition) is 4. The van der Waals surface area contributed by atoms with Crippen LogP contribution in [0.3, 0.4) is 0 Å². The Morgan fingerprint density at radius 3 is 2.68 bits per heavy atom. The van der Waals surface area contributed by atoms with Gasteiger partial charge in [0.1, 0.15) is 30.1 Å². The Labute approximate surface area is 275 Å². The van der Waals surface area contributed by atoms with Crippen LogP contribution in [0.2, 0.25) is 0 Å². The van der Waals surface area contributed by atoms with Gasteiger partial charge in [0, 0.05) is 25.7 Å². The first-order chi connectivity index (χ1) is 22.6.